The number of benzene rings is 1. The Bertz CT molecular complexity index is 486. The molecule has 0 radical (unpaired) electrons. The topological polar surface area (TPSA) is 49.8 Å². The number of carbonyl (C=O) groups excluding carboxylic acids is 1. The Balaban J connectivity index is 2.08. The van der Waals surface area contributed by atoms with E-state index in [-0.39, 0.29) is 12.3 Å². The monoisotopic (exact) mass is 283 g/mol. The van der Waals surface area contributed by atoms with Gasteiger partial charge in [-0.25, -0.2) is 0 Å². The van der Waals surface area contributed by atoms with Crippen LogP contribution in [0, 0.1) is 0 Å². The molecule has 4 nitrogen and oxygen atoms in total. The lowest BCUT2D eigenvalue weighted by Crippen LogP contribution is -2.42. The van der Waals surface area contributed by atoms with Gasteiger partial charge in [-0.15, -0.1) is 0 Å². The summed E-state index contributed by atoms with van der Waals surface area (Å²) in [6.07, 6.45) is 2.56. The van der Waals surface area contributed by atoms with Crippen molar-refractivity contribution in [3.8, 4) is 5.75 Å². The van der Waals surface area contributed by atoms with Gasteiger partial charge in [-0.1, -0.05) is 11.6 Å². The minimum atomic E-state index is -0.804. The largest absolute Gasteiger partial charge is 0.495 e. The molecule has 0 unspecified atom stereocenters. The number of nitrogens with zero attached hydrogens (tertiary/aromatic N) is 1. The highest BCUT2D eigenvalue weighted by molar-refractivity contribution is 6.32. The average molecular weight is 284 g/mol. The van der Waals surface area contributed by atoms with Gasteiger partial charge >= 0.3 is 0 Å². The van der Waals surface area contributed by atoms with Crippen LogP contribution < -0.4 is 9.64 Å². The van der Waals surface area contributed by atoms with Crippen LogP contribution in [0.3, 0.4) is 0 Å². The number of methoxy groups -OCH3 is 1. The molecule has 19 heavy (non-hydrogen) atoms. The average Bonchev–Trinajstić information content (AvgIpc) is 2.35. The van der Waals surface area contributed by atoms with Crippen molar-refractivity contribution in [1.29, 1.82) is 0 Å². The highest BCUT2D eigenvalue weighted by Crippen LogP contribution is 2.36. The molecule has 0 aliphatic heterocycles. The summed E-state index contributed by atoms with van der Waals surface area (Å²) in [5.41, 5.74) is -0.111. The molecule has 1 aromatic carbocycles. The Morgan fingerprint density at radius 3 is 2.68 bits per heavy atom. The molecule has 5 heteroatoms. The van der Waals surface area contributed by atoms with E-state index in [1.807, 2.05) is 0 Å². The molecule has 0 spiro atoms. The molecule has 1 aromatic rings. The molecule has 0 atom stereocenters. The molecule has 0 heterocycles. The Morgan fingerprint density at radius 2 is 2.21 bits per heavy atom. The predicted octanol–water partition coefficient (Wildman–Crippen LogP) is 2.62. The van der Waals surface area contributed by atoms with Crippen molar-refractivity contribution in [1.82, 2.24) is 0 Å². The Hall–Kier alpha value is -1.26. The van der Waals surface area contributed by atoms with Crippen LogP contribution in [0.2, 0.25) is 5.02 Å². The van der Waals surface area contributed by atoms with E-state index in [2.05, 4.69) is 0 Å². The number of carbonyl (C=O) groups is 1. The number of aliphatic hydroxyl groups is 1. The van der Waals surface area contributed by atoms with Gasteiger partial charge in [-0.05, 0) is 37.5 Å². The van der Waals surface area contributed by atoms with E-state index in [4.69, 9.17) is 16.3 Å². The van der Waals surface area contributed by atoms with E-state index in [0.717, 1.165) is 6.42 Å². The van der Waals surface area contributed by atoms with Crippen LogP contribution in [0.5, 0.6) is 5.75 Å². The summed E-state index contributed by atoms with van der Waals surface area (Å²) in [7, 11) is 3.23. The molecule has 104 valence electrons. The molecule has 1 amide bonds. The molecular formula is C14H18ClNO3. The molecule has 1 fully saturated rings. The molecule has 1 saturated carbocycles. The summed E-state index contributed by atoms with van der Waals surface area (Å²) in [6, 6.07) is 5.18. The van der Waals surface area contributed by atoms with Crippen molar-refractivity contribution in [2.45, 2.75) is 31.3 Å². The maximum atomic E-state index is 12.1. The number of anilines is 1. The fraction of sp³-hybridized carbons (Fsp3) is 0.500. The minimum Gasteiger partial charge on any atom is -0.495 e. The second-order valence-electron chi connectivity index (χ2n) is 5.03. The summed E-state index contributed by atoms with van der Waals surface area (Å²) in [5, 5.41) is 10.5. The van der Waals surface area contributed by atoms with Crippen LogP contribution in [0.15, 0.2) is 18.2 Å². The van der Waals surface area contributed by atoms with E-state index < -0.39 is 5.60 Å². The molecule has 0 bridgehead atoms. The number of rotatable bonds is 4. The number of hydrogen-bond acceptors (Lipinski definition) is 3. The lowest BCUT2D eigenvalue weighted by molar-refractivity contribution is -0.127. The summed E-state index contributed by atoms with van der Waals surface area (Å²) >= 11 is 6.04. The van der Waals surface area contributed by atoms with Gasteiger partial charge in [0.15, 0.2) is 0 Å². The minimum absolute atomic E-state index is 0.108. The first-order valence-corrected chi connectivity index (χ1v) is 6.65. The fourth-order valence-corrected chi connectivity index (χ4v) is 2.42. The van der Waals surface area contributed by atoms with Gasteiger partial charge in [0.1, 0.15) is 5.75 Å². The van der Waals surface area contributed by atoms with Crippen molar-refractivity contribution >= 4 is 23.2 Å². The van der Waals surface area contributed by atoms with Crippen molar-refractivity contribution in [3.05, 3.63) is 23.2 Å². The summed E-state index contributed by atoms with van der Waals surface area (Å²) in [4.78, 5) is 13.6. The lowest BCUT2D eigenvalue weighted by Gasteiger charge is -2.37. The first-order chi connectivity index (χ1) is 8.95. The van der Waals surface area contributed by atoms with E-state index >= 15 is 0 Å². The predicted molar refractivity (Wildman–Crippen MR) is 74.8 cm³/mol. The zero-order valence-corrected chi connectivity index (χ0v) is 11.9. The standard InChI is InChI=1S/C14H18ClNO3/c1-16(13(17)9-14(18)6-3-7-14)10-4-5-12(19-2)11(15)8-10/h4-5,8,18H,3,6-7,9H2,1-2H3. The molecule has 1 aliphatic rings. The maximum Gasteiger partial charge on any atom is 0.229 e. The lowest BCUT2D eigenvalue weighted by atomic mass is 9.77. The van der Waals surface area contributed by atoms with E-state index in [1.54, 1.807) is 32.4 Å². The van der Waals surface area contributed by atoms with Gasteiger partial charge in [-0.3, -0.25) is 4.79 Å². The normalized spacial score (nSPS) is 16.6. The highest BCUT2D eigenvalue weighted by atomic mass is 35.5. The second-order valence-corrected chi connectivity index (χ2v) is 5.43. The molecular weight excluding hydrogens is 266 g/mol. The maximum absolute atomic E-state index is 12.1. The Kier molecular flexibility index (Phi) is 4.02. The molecule has 0 aromatic heterocycles. The first kappa shape index (κ1) is 14.2. The van der Waals surface area contributed by atoms with Crippen LogP contribution in [-0.2, 0) is 4.79 Å². The summed E-state index contributed by atoms with van der Waals surface area (Å²) < 4.78 is 5.07. The van der Waals surface area contributed by atoms with E-state index in [0.29, 0.717) is 29.3 Å². The number of amides is 1. The van der Waals surface area contributed by atoms with Crippen LogP contribution in [0.25, 0.3) is 0 Å². The van der Waals surface area contributed by atoms with Gasteiger partial charge in [0, 0.05) is 12.7 Å². The Labute approximate surface area is 117 Å². The third kappa shape index (κ3) is 3.01. The zero-order valence-electron chi connectivity index (χ0n) is 11.1. The van der Waals surface area contributed by atoms with Crippen LogP contribution in [-0.4, -0.2) is 30.8 Å². The van der Waals surface area contributed by atoms with Gasteiger partial charge in [0.2, 0.25) is 5.91 Å². The number of halogens is 1. The molecule has 2 rings (SSSR count). The van der Waals surface area contributed by atoms with Gasteiger partial charge in [0.05, 0.1) is 24.2 Å². The summed E-state index contributed by atoms with van der Waals surface area (Å²) in [6.45, 7) is 0. The molecule has 1 N–H and O–H groups in total. The zero-order chi connectivity index (χ0) is 14.0. The van der Waals surface area contributed by atoms with E-state index in [1.165, 1.54) is 4.90 Å². The second kappa shape index (κ2) is 5.39. The van der Waals surface area contributed by atoms with Crippen molar-refractivity contribution in [2.24, 2.45) is 0 Å². The van der Waals surface area contributed by atoms with Gasteiger partial charge < -0.3 is 14.7 Å². The van der Waals surface area contributed by atoms with Gasteiger partial charge in [0.25, 0.3) is 0 Å². The number of hydrogen-bond donors (Lipinski definition) is 1. The molecule has 0 saturated heterocycles. The van der Waals surface area contributed by atoms with Crippen LogP contribution in [0.1, 0.15) is 25.7 Å². The third-order valence-electron chi connectivity index (χ3n) is 3.66. The van der Waals surface area contributed by atoms with Gasteiger partial charge in [-0.2, -0.15) is 0 Å². The molecule has 1 aliphatic carbocycles. The van der Waals surface area contributed by atoms with Crippen LogP contribution >= 0.6 is 11.6 Å². The smallest absolute Gasteiger partial charge is 0.229 e. The van der Waals surface area contributed by atoms with Crippen molar-refractivity contribution < 1.29 is 14.6 Å². The number of ether oxygens (including phenoxy) is 1. The summed E-state index contributed by atoms with van der Waals surface area (Å²) in [5.74, 6) is 0.465. The fourth-order valence-electron chi connectivity index (χ4n) is 2.17. The first-order valence-electron chi connectivity index (χ1n) is 6.28. The third-order valence-corrected chi connectivity index (χ3v) is 3.96. The van der Waals surface area contributed by atoms with Crippen molar-refractivity contribution in [2.75, 3.05) is 19.1 Å². The Morgan fingerprint density at radius 1 is 1.53 bits per heavy atom. The highest BCUT2D eigenvalue weighted by Gasteiger charge is 2.37. The quantitative estimate of drug-likeness (QED) is 0.924. The van der Waals surface area contributed by atoms with E-state index in [9.17, 15) is 9.90 Å². The SMILES string of the molecule is COc1ccc(N(C)C(=O)CC2(O)CCC2)cc1Cl. The van der Waals surface area contributed by atoms with Crippen molar-refractivity contribution in [3.63, 3.8) is 0 Å². The van der Waals surface area contributed by atoms with Crippen LogP contribution in [0.4, 0.5) is 5.69 Å².